The van der Waals surface area contributed by atoms with E-state index in [9.17, 15) is 0 Å². The fourth-order valence-electron chi connectivity index (χ4n) is 3.01. The molecule has 2 fully saturated rings. The summed E-state index contributed by atoms with van der Waals surface area (Å²) in [4.78, 5) is 0. The largest absolute Gasteiger partial charge is 0.416 e. The highest BCUT2D eigenvalue weighted by Crippen LogP contribution is 2.50. The normalized spacial score (nSPS) is 29.0. The van der Waals surface area contributed by atoms with Gasteiger partial charge in [0.1, 0.15) is 0 Å². The minimum Gasteiger partial charge on any atom is -0.416 e. The number of hydrogen-bond acceptors (Lipinski definition) is 3. The molecule has 0 aromatic rings. The summed E-state index contributed by atoms with van der Waals surface area (Å²) in [6, 6.07) is 0. The molecule has 0 radical (unpaired) electrons. The standard InChI is InChI=1S/C17H34O3Si/c1-15(2,3)21(6,7)19-13-17(10-8-11-17)14-9-12-18-16(4,5)20-14/h14H,8-13H2,1-7H3/t14-/m1/s1. The lowest BCUT2D eigenvalue weighted by atomic mass is 9.64. The zero-order chi connectivity index (χ0) is 15.9. The van der Waals surface area contributed by atoms with E-state index in [1.807, 2.05) is 13.8 Å². The molecule has 0 aromatic heterocycles. The van der Waals surface area contributed by atoms with E-state index < -0.39 is 14.1 Å². The molecular formula is C17H34O3Si. The second kappa shape index (κ2) is 5.62. The summed E-state index contributed by atoms with van der Waals surface area (Å²) in [5.41, 5.74) is 0.233. The van der Waals surface area contributed by atoms with Gasteiger partial charge < -0.3 is 13.9 Å². The van der Waals surface area contributed by atoms with Gasteiger partial charge in [0.25, 0.3) is 0 Å². The average molecular weight is 315 g/mol. The van der Waals surface area contributed by atoms with Crippen LogP contribution in [-0.2, 0) is 13.9 Å². The third-order valence-corrected chi connectivity index (χ3v) is 10.3. The summed E-state index contributed by atoms with van der Waals surface area (Å²) in [5, 5.41) is 0.272. The molecule has 2 aliphatic rings. The third kappa shape index (κ3) is 3.71. The van der Waals surface area contributed by atoms with Crippen molar-refractivity contribution in [1.29, 1.82) is 0 Å². The van der Waals surface area contributed by atoms with Gasteiger partial charge in [-0.25, -0.2) is 0 Å². The van der Waals surface area contributed by atoms with E-state index in [1.54, 1.807) is 0 Å². The Kier molecular flexibility index (Phi) is 4.67. The van der Waals surface area contributed by atoms with Crippen molar-refractivity contribution in [2.75, 3.05) is 13.2 Å². The molecule has 1 saturated carbocycles. The Balaban J connectivity index is 2.02. The molecule has 124 valence electrons. The molecule has 1 heterocycles. The lowest BCUT2D eigenvalue weighted by Gasteiger charge is -2.53. The zero-order valence-electron chi connectivity index (χ0n) is 15.0. The van der Waals surface area contributed by atoms with Crippen LogP contribution in [0, 0.1) is 5.41 Å². The first kappa shape index (κ1) is 17.5. The van der Waals surface area contributed by atoms with Crippen LogP contribution in [0.15, 0.2) is 0 Å². The van der Waals surface area contributed by atoms with Crippen molar-refractivity contribution in [3.05, 3.63) is 0 Å². The fraction of sp³-hybridized carbons (Fsp3) is 1.00. The molecule has 0 N–H and O–H groups in total. The van der Waals surface area contributed by atoms with Gasteiger partial charge >= 0.3 is 0 Å². The first-order valence-electron chi connectivity index (χ1n) is 8.43. The lowest BCUT2D eigenvalue weighted by molar-refractivity contribution is -0.304. The van der Waals surface area contributed by atoms with Crippen LogP contribution in [0.1, 0.15) is 60.3 Å². The molecule has 0 spiro atoms. The van der Waals surface area contributed by atoms with Gasteiger partial charge in [-0.2, -0.15) is 0 Å². The van der Waals surface area contributed by atoms with E-state index in [1.165, 1.54) is 19.3 Å². The van der Waals surface area contributed by atoms with Crippen molar-refractivity contribution in [3.8, 4) is 0 Å². The molecule has 0 bridgehead atoms. The fourth-order valence-corrected chi connectivity index (χ4v) is 4.09. The van der Waals surface area contributed by atoms with Crippen molar-refractivity contribution >= 4 is 8.32 Å². The van der Waals surface area contributed by atoms with Crippen LogP contribution < -0.4 is 0 Å². The molecule has 2 rings (SSSR count). The second-order valence-electron chi connectivity index (χ2n) is 8.91. The van der Waals surface area contributed by atoms with Crippen LogP contribution in [-0.4, -0.2) is 33.4 Å². The highest BCUT2D eigenvalue weighted by molar-refractivity contribution is 6.74. The molecule has 21 heavy (non-hydrogen) atoms. The second-order valence-corrected chi connectivity index (χ2v) is 13.7. The van der Waals surface area contributed by atoms with Gasteiger partial charge in [0.2, 0.25) is 0 Å². The van der Waals surface area contributed by atoms with E-state index in [0.29, 0.717) is 6.10 Å². The summed E-state index contributed by atoms with van der Waals surface area (Å²) in [5.74, 6) is -0.442. The first-order chi connectivity index (χ1) is 9.48. The van der Waals surface area contributed by atoms with Gasteiger partial charge in [-0.05, 0) is 51.2 Å². The monoisotopic (exact) mass is 314 g/mol. The molecule has 0 unspecified atom stereocenters. The molecule has 1 atom stereocenters. The predicted molar refractivity (Wildman–Crippen MR) is 89.0 cm³/mol. The van der Waals surface area contributed by atoms with Gasteiger partial charge in [-0.15, -0.1) is 0 Å². The maximum absolute atomic E-state index is 6.54. The van der Waals surface area contributed by atoms with Gasteiger partial charge in [0.05, 0.1) is 12.7 Å². The Morgan fingerprint density at radius 3 is 2.24 bits per heavy atom. The Hall–Kier alpha value is 0.0969. The highest BCUT2D eigenvalue weighted by Gasteiger charge is 2.50. The van der Waals surface area contributed by atoms with Gasteiger partial charge in [-0.3, -0.25) is 0 Å². The average Bonchev–Trinajstić information content (AvgIpc) is 2.24. The molecule has 3 nitrogen and oxygen atoms in total. The van der Waals surface area contributed by atoms with E-state index in [2.05, 4.69) is 33.9 Å². The molecule has 0 aromatic carbocycles. The van der Waals surface area contributed by atoms with Crippen LogP contribution in [0.3, 0.4) is 0 Å². The summed E-state index contributed by atoms with van der Waals surface area (Å²) >= 11 is 0. The Morgan fingerprint density at radius 1 is 1.19 bits per heavy atom. The van der Waals surface area contributed by atoms with Gasteiger partial charge in [-0.1, -0.05) is 27.2 Å². The Bertz CT molecular complexity index is 367. The Labute approximate surface area is 131 Å². The third-order valence-electron chi connectivity index (χ3n) is 5.81. The lowest BCUT2D eigenvalue weighted by Crippen LogP contribution is -2.55. The number of rotatable bonds is 4. The zero-order valence-corrected chi connectivity index (χ0v) is 16.0. The van der Waals surface area contributed by atoms with E-state index in [0.717, 1.165) is 19.6 Å². The summed E-state index contributed by atoms with van der Waals surface area (Å²) in [7, 11) is -1.68. The molecule has 4 heteroatoms. The molecule has 1 aliphatic carbocycles. The quantitative estimate of drug-likeness (QED) is 0.703. The van der Waals surface area contributed by atoms with Crippen LogP contribution in [0.4, 0.5) is 0 Å². The molecular weight excluding hydrogens is 280 g/mol. The Morgan fingerprint density at radius 2 is 1.81 bits per heavy atom. The summed E-state index contributed by atoms with van der Waals surface area (Å²) < 4.78 is 18.5. The van der Waals surface area contributed by atoms with Crippen molar-refractivity contribution < 1.29 is 13.9 Å². The number of hydrogen-bond donors (Lipinski definition) is 0. The molecule has 1 aliphatic heterocycles. The van der Waals surface area contributed by atoms with Crippen LogP contribution in [0.2, 0.25) is 18.1 Å². The maximum atomic E-state index is 6.54. The van der Waals surface area contributed by atoms with E-state index in [-0.39, 0.29) is 10.5 Å². The topological polar surface area (TPSA) is 27.7 Å². The van der Waals surface area contributed by atoms with Crippen molar-refractivity contribution in [1.82, 2.24) is 0 Å². The highest BCUT2D eigenvalue weighted by atomic mass is 28.4. The SMILES string of the molecule is CC1(C)OCC[C@H](C2(CO[Si](C)(C)C(C)(C)C)CCC2)O1. The predicted octanol–water partition coefficient (Wildman–Crippen LogP) is 4.72. The summed E-state index contributed by atoms with van der Waals surface area (Å²) in [6.45, 7) is 17.3. The van der Waals surface area contributed by atoms with E-state index >= 15 is 0 Å². The molecule has 1 saturated heterocycles. The number of ether oxygens (including phenoxy) is 2. The van der Waals surface area contributed by atoms with Crippen LogP contribution >= 0.6 is 0 Å². The van der Waals surface area contributed by atoms with Crippen molar-refractivity contribution in [2.24, 2.45) is 5.41 Å². The maximum Gasteiger partial charge on any atom is 0.192 e. The minimum atomic E-state index is -1.68. The van der Waals surface area contributed by atoms with Crippen molar-refractivity contribution in [2.45, 2.75) is 90.3 Å². The van der Waals surface area contributed by atoms with E-state index in [4.69, 9.17) is 13.9 Å². The molecule has 0 amide bonds. The van der Waals surface area contributed by atoms with Crippen LogP contribution in [0.25, 0.3) is 0 Å². The van der Waals surface area contributed by atoms with Crippen molar-refractivity contribution in [3.63, 3.8) is 0 Å². The van der Waals surface area contributed by atoms with Gasteiger partial charge in [0, 0.05) is 12.0 Å². The van der Waals surface area contributed by atoms with Crippen LogP contribution in [0.5, 0.6) is 0 Å². The first-order valence-corrected chi connectivity index (χ1v) is 11.3. The minimum absolute atomic E-state index is 0.233. The smallest absolute Gasteiger partial charge is 0.192 e. The summed E-state index contributed by atoms with van der Waals surface area (Å²) in [6.07, 6.45) is 5.08. The van der Waals surface area contributed by atoms with Gasteiger partial charge in [0.15, 0.2) is 14.1 Å².